The molecule has 2 rings (SSSR count). The van der Waals surface area contributed by atoms with Gasteiger partial charge in [0.15, 0.2) is 5.16 Å². The summed E-state index contributed by atoms with van der Waals surface area (Å²) in [6.07, 6.45) is -0.113. The van der Waals surface area contributed by atoms with Gasteiger partial charge in [0.25, 0.3) is 6.43 Å². The van der Waals surface area contributed by atoms with Gasteiger partial charge in [-0.25, -0.2) is 8.78 Å². The monoisotopic (exact) mass is 388 g/mol. The van der Waals surface area contributed by atoms with E-state index in [4.69, 9.17) is 5.73 Å². The SMILES string of the molecule is NCCCCC1(C(=O)O)CN(Cc2ccc(C(F)F)cc2)C=CP1(=O)O. The van der Waals surface area contributed by atoms with Gasteiger partial charge >= 0.3 is 5.97 Å². The average Bonchev–Trinajstić information content (AvgIpc) is 2.58. The molecule has 1 heterocycles. The first-order chi connectivity index (χ1) is 12.2. The number of aliphatic carboxylic acids is 1. The van der Waals surface area contributed by atoms with Gasteiger partial charge in [0.05, 0.1) is 0 Å². The first-order valence-electron chi connectivity index (χ1n) is 8.28. The number of nitrogens with two attached hydrogens (primary N) is 1. The van der Waals surface area contributed by atoms with Gasteiger partial charge in [-0.15, -0.1) is 0 Å². The Bertz CT molecular complexity index is 711. The molecule has 1 aromatic rings. The Hall–Kier alpha value is -1.76. The normalized spacial score (nSPS) is 25.7. The number of carboxylic acid groups (broad SMARTS) is 1. The van der Waals surface area contributed by atoms with E-state index < -0.39 is 24.9 Å². The van der Waals surface area contributed by atoms with Crippen LogP contribution in [-0.4, -0.2) is 39.1 Å². The molecule has 144 valence electrons. The van der Waals surface area contributed by atoms with E-state index in [9.17, 15) is 28.1 Å². The van der Waals surface area contributed by atoms with Crippen molar-refractivity contribution in [3.8, 4) is 0 Å². The van der Waals surface area contributed by atoms with Crippen LogP contribution in [0.3, 0.4) is 0 Å². The summed E-state index contributed by atoms with van der Waals surface area (Å²) >= 11 is 0. The van der Waals surface area contributed by atoms with Crippen molar-refractivity contribution < 1.29 is 28.1 Å². The summed E-state index contributed by atoms with van der Waals surface area (Å²) in [5, 5.41) is 7.91. The van der Waals surface area contributed by atoms with Crippen molar-refractivity contribution >= 4 is 13.3 Å². The lowest BCUT2D eigenvalue weighted by atomic mass is 9.99. The van der Waals surface area contributed by atoms with Crippen LogP contribution in [0.25, 0.3) is 0 Å². The van der Waals surface area contributed by atoms with Crippen molar-refractivity contribution in [3.05, 3.63) is 47.4 Å². The third kappa shape index (κ3) is 4.31. The Morgan fingerprint density at radius 1 is 1.31 bits per heavy atom. The predicted octanol–water partition coefficient (Wildman–Crippen LogP) is 3.13. The van der Waals surface area contributed by atoms with Crippen LogP contribution in [0.5, 0.6) is 0 Å². The Morgan fingerprint density at radius 3 is 2.50 bits per heavy atom. The zero-order valence-electron chi connectivity index (χ0n) is 14.2. The number of hydrogen-bond donors (Lipinski definition) is 3. The minimum absolute atomic E-state index is 0.0402. The molecule has 0 spiro atoms. The minimum atomic E-state index is -4.05. The van der Waals surface area contributed by atoms with E-state index in [-0.39, 0.29) is 25.1 Å². The molecule has 2 unspecified atom stereocenters. The summed E-state index contributed by atoms with van der Waals surface area (Å²) in [6.45, 7) is 0.501. The fourth-order valence-corrected chi connectivity index (χ4v) is 4.83. The summed E-state index contributed by atoms with van der Waals surface area (Å²) < 4.78 is 37.8. The second kappa shape index (κ2) is 8.29. The summed E-state index contributed by atoms with van der Waals surface area (Å²) in [5.41, 5.74) is 6.05. The maximum absolute atomic E-state index is 12.6. The number of alkyl halides is 2. The topological polar surface area (TPSA) is 104 Å². The fourth-order valence-electron chi connectivity index (χ4n) is 3.04. The molecule has 1 aromatic carbocycles. The van der Waals surface area contributed by atoms with Gasteiger partial charge in [-0.3, -0.25) is 9.36 Å². The van der Waals surface area contributed by atoms with Gasteiger partial charge in [-0.2, -0.15) is 0 Å². The summed E-state index contributed by atoms with van der Waals surface area (Å²) in [7, 11) is -4.05. The average molecular weight is 388 g/mol. The Morgan fingerprint density at radius 2 is 1.96 bits per heavy atom. The summed E-state index contributed by atoms with van der Waals surface area (Å²) in [6, 6.07) is 5.71. The van der Waals surface area contributed by atoms with Crippen molar-refractivity contribution in [1.29, 1.82) is 0 Å². The van der Waals surface area contributed by atoms with E-state index >= 15 is 0 Å². The second-order valence-corrected chi connectivity index (χ2v) is 8.85. The lowest BCUT2D eigenvalue weighted by Gasteiger charge is -2.40. The standard InChI is InChI=1S/C17H23F2N2O4P/c18-15(19)14-5-3-13(4-6-14)11-21-9-10-26(24,25)17(12-21,16(22)23)7-1-2-8-20/h3-6,9-10,15H,1-2,7-8,11-12,20H2,(H,22,23)(H,24,25). The van der Waals surface area contributed by atoms with E-state index in [1.54, 1.807) is 17.0 Å². The molecule has 0 radical (unpaired) electrons. The van der Waals surface area contributed by atoms with Gasteiger partial charge in [-0.05, 0) is 24.9 Å². The van der Waals surface area contributed by atoms with Crippen molar-refractivity contribution in [1.82, 2.24) is 4.90 Å². The number of carbonyl (C=O) groups is 1. The van der Waals surface area contributed by atoms with Crippen LogP contribution in [0.2, 0.25) is 0 Å². The molecule has 0 fully saturated rings. The quantitative estimate of drug-likeness (QED) is 0.467. The Kier molecular flexibility index (Phi) is 6.55. The van der Waals surface area contributed by atoms with Crippen LogP contribution in [0.1, 0.15) is 36.8 Å². The fraction of sp³-hybridized carbons (Fsp3) is 0.471. The molecule has 0 amide bonds. The highest BCUT2D eigenvalue weighted by molar-refractivity contribution is 7.64. The largest absolute Gasteiger partial charge is 0.480 e. The maximum Gasteiger partial charge on any atom is 0.321 e. The molecule has 6 nitrogen and oxygen atoms in total. The summed E-state index contributed by atoms with van der Waals surface area (Å²) in [5.74, 6) is -0.261. The van der Waals surface area contributed by atoms with Crippen molar-refractivity contribution in [2.45, 2.75) is 37.4 Å². The van der Waals surface area contributed by atoms with E-state index in [2.05, 4.69) is 0 Å². The lowest BCUT2D eigenvalue weighted by molar-refractivity contribution is -0.141. The molecular formula is C17H23F2N2O4P. The van der Waals surface area contributed by atoms with E-state index in [0.29, 0.717) is 24.9 Å². The van der Waals surface area contributed by atoms with Gasteiger partial charge in [0.1, 0.15) is 0 Å². The van der Waals surface area contributed by atoms with Crippen LogP contribution in [0, 0.1) is 0 Å². The lowest BCUT2D eigenvalue weighted by Crippen LogP contribution is -2.49. The number of halogens is 2. The van der Waals surface area contributed by atoms with Crippen molar-refractivity contribution in [3.63, 3.8) is 0 Å². The van der Waals surface area contributed by atoms with Gasteiger partial charge in [0, 0.05) is 30.7 Å². The van der Waals surface area contributed by atoms with Crippen LogP contribution in [0.4, 0.5) is 8.78 Å². The highest BCUT2D eigenvalue weighted by atomic mass is 31.2. The molecule has 0 aromatic heterocycles. The van der Waals surface area contributed by atoms with Crippen LogP contribution < -0.4 is 5.73 Å². The third-order valence-corrected chi connectivity index (χ3v) is 6.94. The number of unbranched alkanes of at least 4 members (excludes halogenated alkanes) is 1. The Balaban J connectivity index is 2.21. The molecule has 0 aliphatic carbocycles. The number of nitrogens with zero attached hydrogens (tertiary/aromatic N) is 1. The van der Waals surface area contributed by atoms with Crippen molar-refractivity contribution in [2.75, 3.05) is 13.1 Å². The predicted molar refractivity (Wildman–Crippen MR) is 94.0 cm³/mol. The number of hydrogen-bond acceptors (Lipinski definition) is 4. The van der Waals surface area contributed by atoms with Crippen LogP contribution >= 0.6 is 7.37 Å². The zero-order valence-corrected chi connectivity index (χ0v) is 15.1. The van der Waals surface area contributed by atoms with Crippen LogP contribution in [-0.2, 0) is 15.9 Å². The molecular weight excluding hydrogens is 365 g/mol. The van der Waals surface area contributed by atoms with E-state index in [1.165, 1.54) is 18.3 Å². The highest BCUT2D eigenvalue weighted by Gasteiger charge is 2.54. The van der Waals surface area contributed by atoms with Gasteiger partial charge in [0.2, 0.25) is 7.37 Å². The first-order valence-corrected chi connectivity index (χ1v) is 10.0. The molecule has 1 aliphatic rings. The number of benzene rings is 1. The van der Waals surface area contributed by atoms with Crippen molar-refractivity contribution in [2.24, 2.45) is 5.73 Å². The van der Waals surface area contributed by atoms with E-state index in [1.807, 2.05) is 0 Å². The molecule has 26 heavy (non-hydrogen) atoms. The van der Waals surface area contributed by atoms with Gasteiger partial charge < -0.3 is 20.6 Å². The Labute approximate surface area is 150 Å². The smallest absolute Gasteiger partial charge is 0.321 e. The maximum atomic E-state index is 12.6. The number of carboxylic acids is 1. The van der Waals surface area contributed by atoms with E-state index in [0.717, 1.165) is 5.82 Å². The molecule has 9 heteroatoms. The molecule has 0 saturated heterocycles. The molecule has 0 bridgehead atoms. The van der Waals surface area contributed by atoms with Gasteiger partial charge in [-0.1, -0.05) is 30.7 Å². The summed E-state index contributed by atoms with van der Waals surface area (Å²) in [4.78, 5) is 23.8. The second-order valence-electron chi connectivity index (χ2n) is 6.45. The molecule has 2 atom stereocenters. The molecule has 4 N–H and O–H groups in total. The van der Waals surface area contributed by atoms with Crippen LogP contribution in [0.15, 0.2) is 36.3 Å². The minimum Gasteiger partial charge on any atom is -0.480 e. The number of rotatable bonds is 8. The highest BCUT2D eigenvalue weighted by Crippen LogP contribution is 2.60. The molecule has 0 saturated carbocycles. The third-order valence-electron chi connectivity index (χ3n) is 4.62. The zero-order chi connectivity index (χ0) is 19.4. The first kappa shape index (κ1) is 20.6. The molecule has 1 aliphatic heterocycles.